The molecule has 0 aromatic heterocycles. The molecule has 3 aromatic carbocycles. The van der Waals surface area contributed by atoms with Gasteiger partial charge in [-0.05, 0) is 48.9 Å². The van der Waals surface area contributed by atoms with Crippen LogP contribution in [0.5, 0.6) is 5.75 Å². The molecule has 2 heterocycles. The molecule has 0 bridgehead atoms. The molecule has 3 amide bonds. The second-order valence-electron chi connectivity index (χ2n) is 10.2. The highest BCUT2D eigenvalue weighted by atomic mass is 35.5. The molecule has 0 aliphatic carbocycles. The molecule has 0 saturated carbocycles. The number of hydrogen-bond donors (Lipinski definition) is 1. The summed E-state index contributed by atoms with van der Waals surface area (Å²) in [4.78, 5) is 44.2. The fourth-order valence-electron chi connectivity index (χ4n) is 5.47. The molecule has 2 saturated heterocycles. The molecule has 3 aromatic rings. The Morgan fingerprint density at radius 2 is 1.63 bits per heavy atom. The van der Waals surface area contributed by atoms with Gasteiger partial charge in [0.05, 0.1) is 29.8 Å². The molecule has 2 aliphatic heterocycles. The number of rotatable bonds is 6. The average Bonchev–Trinajstić information content (AvgIpc) is 3.37. The number of methoxy groups -OCH3 is 1. The number of piperidine rings is 1. The first kappa shape index (κ1) is 28.9. The zero-order valence-corrected chi connectivity index (χ0v) is 24.3. The van der Waals surface area contributed by atoms with Gasteiger partial charge in [-0.25, -0.2) is 0 Å². The van der Waals surface area contributed by atoms with Crippen molar-refractivity contribution < 1.29 is 23.9 Å². The van der Waals surface area contributed by atoms with Gasteiger partial charge in [0.15, 0.2) is 0 Å². The standard InChI is InChI=1S/C31H31Cl2N3O5/c1-20(21-7-4-3-5-8-21)34-28(37)27-19-41-31(36(27)30(39)22-9-6-10-24(17-22)40-2)13-15-35(16-14-31)29(38)23-11-12-25(32)26(33)18-23/h3-12,17-18,20,27H,13-16,19H2,1-2H3,(H,34,37). The van der Waals surface area contributed by atoms with E-state index in [-0.39, 0.29) is 30.4 Å². The van der Waals surface area contributed by atoms with E-state index in [9.17, 15) is 14.4 Å². The van der Waals surface area contributed by atoms with Gasteiger partial charge in [-0.15, -0.1) is 0 Å². The normalized spacial score (nSPS) is 18.7. The number of nitrogens with one attached hydrogen (secondary N) is 1. The Morgan fingerprint density at radius 1 is 0.927 bits per heavy atom. The topological polar surface area (TPSA) is 88.2 Å². The molecule has 41 heavy (non-hydrogen) atoms. The minimum Gasteiger partial charge on any atom is -0.497 e. The number of carbonyl (C=O) groups excluding carboxylic acids is 3. The van der Waals surface area contributed by atoms with Crippen LogP contribution in [0.1, 0.15) is 52.1 Å². The summed E-state index contributed by atoms with van der Waals surface area (Å²) in [6.45, 7) is 2.61. The number of amides is 3. The van der Waals surface area contributed by atoms with E-state index < -0.39 is 11.8 Å². The summed E-state index contributed by atoms with van der Waals surface area (Å²) in [5.41, 5.74) is 0.720. The molecular weight excluding hydrogens is 565 g/mol. The first-order valence-electron chi connectivity index (χ1n) is 13.4. The van der Waals surface area contributed by atoms with Crippen LogP contribution >= 0.6 is 23.2 Å². The largest absolute Gasteiger partial charge is 0.497 e. The summed E-state index contributed by atoms with van der Waals surface area (Å²) in [6, 6.07) is 20.1. The molecule has 10 heteroatoms. The van der Waals surface area contributed by atoms with E-state index in [1.165, 1.54) is 7.11 Å². The second-order valence-corrected chi connectivity index (χ2v) is 11.1. The SMILES string of the molecule is COc1cccc(C(=O)N2C(C(=O)NC(C)c3ccccc3)COC23CCN(C(=O)c2ccc(Cl)c(Cl)c2)CC3)c1. The van der Waals surface area contributed by atoms with Gasteiger partial charge in [0, 0.05) is 37.1 Å². The van der Waals surface area contributed by atoms with Crippen LogP contribution in [0.25, 0.3) is 0 Å². The number of nitrogens with zero attached hydrogens (tertiary/aromatic N) is 2. The summed E-state index contributed by atoms with van der Waals surface area (Å²) in [5.74, 6) is -0.291. The number of halogens is 2. The Kier molecular flexibility index (Phi) is 8.54. The average molecular weight is 597 g/mol. The van der Waals surface area contributed by atoms with Gasteiger partial charge in [-0.3, -0.25) is 19.3 Å². The molecule has 8 nitrogen and oxygen atoms in total. The van der Waals surface area contributed by atoms with Crippen molar-refractivity contribution in [2.24, 2.45) is 0 Å². The van der Waals surface area contributed by atoms with Crippen LogP contribution < -0.4 is 10.1 Å². The predicted molar refractivity (Wildman–Crippen MR) is 156 cm³/mol. The Hall–Kier alpha value is -3.59. The third-order valence-corrected chi connectivity index (χ3v) is 8.49. The highest BCUT2D eigenvalue weighted by Crippen LogP contribution is 2.39. The fraction of sp³-hybridized carbons (Fsp3) is 0.323. The van der Waals surface area contributed by atoms with E-state index in [0.29, 0.717) is 52.9 Å². The first-order valence-corrected chi connectivity index (χ1v) is 14.2. The van der Waals surface area contributed by atoms with Crippen molar-refractivity contribution in [3.63, 3.8) is 0 Å². The number of likely N-dealkylation sites (tertiary alicyclic amines) is 1. The minimum atomic E-state index is -1.05. The lowest BCUT2D eigenvalue weighted by Gasteiger charge is -2.44. The van der Waals surface area contributed by atoms with Gasteiger partial charge >= 0.3 is 0 Å². The van der Waals surface area contributed by atoms with Crippen LogP contribution in [0.2, 0.25) is 10.0 Å². The second kappa shape index (κ2) is 12.1. The van der Waals surface area contributed by atoms with Gasteiger partial charge in [0.25, 0.3) is 11.8 Å². The lowest BCUT2D eigenvalue weighted by Crippen LogP contribution is -2.60. The summed E-state index contributed by atoms with van der Waals surface area (Å²) in [6.07, 6.45) is 0.682. The summed E-state index contributed by atoms with van der Waals surface area (Å²) < 4.78 is 11.7. The monoisotopic (exact) mass is 595 g/mol. The lowest BCUT2D eigenvalue weighted by atomic mass is 9.96. The smallest absolute Gasteiger partial charge is 0.257 e. The summed E-state index contributed by atoms with van der Waals surface area (Å²) >= 11 is 12.2. The number of benzene rings is 3. The van der Waals surface area contributed by atoms with E-state index in [1.807, 2.05) is 37.3 Å². The van der Waals surface area contributed by atoms with E-state index in [1.54, 1.807) is 52.3 Å². The third kappa shape index (κ3) is 5.91. The van der Waals surface area contributed by atoms with E-state index in [0.717, 1.165) is 5.56 Å². The fourth-order valence-corrected chi connectivity index (χ4v) is 5.77. The van der Waals surface area contributed by atoms with Crippen molar-refractivity contribution in [1.82, 2.24) is 15.1 Å². The zero-order chi connectivity index (χ0) is 29.1. The van der Waals surface area contributed by atoms with Crippen LogP contribution in [0.3, 0.4) is 0 Å². The van der Waals surface area contributed by atoms with Crippen LogP contribution in [-0.2, 0) is 9.53 Å². The number of carbonyl (C=O) groups is 3. The quantitative estimate of drug-likeness (QED) is 0.415. The molecule has 1 spiro atoms. The van der Waals surface area contributed by atoms with Crippen molar-refractivity contribution >= 4 is 40.9 Å². The maximum Gasteiger partial charge on any atom is 0.257 e. The summed E-state index contributed by atoms with van der Waals surface area (Å²) in [7, 11) is 1.53. The molecule has 0 radical (unpaired) electrons. The lowest BCUT2D eigenvalue weighted by molar-refractivity contribution is -0.128. The van der Waals surface area contributed by atoms with Crippen LogP contribution in [0.4, 0.5) is 0 Å². The molecule has 2 fully saturated rings. The highest BCUT2D eigenvalue weighted by Gasteiger charge is 2.54. The Bertz CT molecular complexity index is 1440. The molecule has 1 N–H and O–H groups in total. The van der Waals surface area contributed by atoms with E-state index >= 15 is 0 Å². The highest BCUT2D eigenvalue weighted by molar-refractivity contribution is 6.42. The number of hydrogen-bond acceptors (Lipinski definition) is 5. The zero-order valence-electron chi connectivity index (χ0n) is 22.8. The van der Waals surface area contributed by atoms with E-state index in [2.05, 4.69) is 5.32 Å². The van der Waals surface area contributed by atoms with Gasteiger partial charge in [0.1, 0.15) is 17.5 Å². The van der Waals surface area contributed by atoms with Crippen molar-refractivity contribution in [2.75, 3.05) is 26.8 Å². The number of ether oxygens (including phenoxy) is 2. The maximum absolute atomic E-state index is 14.1. The molecule has 2 aliphatic rings. The Labute approximate surface area is 249 Å². The Balaban J connectivity index is 1.39. The van der Waals surface area contributed by atoms with Gasteiger partial charge in [-0.1, -0.05) is 59.6 Å². The van der Waals surface area contributed by atoms with Crippen molar-refractivity contribution in [3.05, 3.63) is 99.5 Å². The molecule has 2 unspecified atom stereocenters. The van der Waals surface area contributed by atoms with Crippen molar-refractivity contribution in [2.45, 2.75) is 37.6 Å². The van der Waals surface area contributed by atoms with Crippen LogP contribution in [0.15, 0.2) is 72.8 Å². The first-order chi connectivity index (χ1) is 19.7. The minimum absolute atomic E-state index is 0.0454. The van der Waals surface area contributed by atoms with Crippen LogP contribution in [-0.4, -0.2) is 66.1 Å². The predicted octanol–water partition coefficient (Wildman–Crippen LogP) is 5.35. The summed E-state index contributed by atoms with van der Waals surface area (Å²) in [5, 5.41) is 3.73. The third-order valence-electron chi connectivity index (χ3n) is 7.76. The maximum atomic E-state index is 14.1. The van der Waals surface area contributed by atoms with Gasteiger partial charge in [0.2, 0.25) is 5.91 Å². The van der Waals surface area contributed by atoms with Crippen molar-refractivity contribution in [1.29, 1.82) is 0 Å². The van der Waals surface area contributed by atoms with E-state index in [4.69, 9.17) is 32.7 Å². The van der Waals surface area contributed by atoms with Gasteiger partial charge in [-0.2, -0.15) is 0 Å². The Morgan fingerprint density at radius 3 is 2.32 bits per heavy atom. The van der Waals surface area contributed by atoms with Crippen LogP contribution in [0, 0.1) is 0 Å². The molecule has 5 rings (SSSR count). The van der Waals surface area contributed by atoms with Crippen molar-refractivity contribution in [3.8, 4) is 5.75 Å². The molecule has 2 atom stereocenters. The molecule has 214 valence electrons. The molecular formula is C31H31Cl2N3O5. The van der Waals surface area contributed by atoms with Gasteiger partial charge < -0.3 is 19.7 Å².